The fraction of sp³-hybridized carbons (Fsp3) is 0.500. The van der Waals surface area contributed by atoms with Gasteiger partial charge in [0.15, 0.2) is 0 Å². The Morgan fingerprint density at radius 3 is 2.84 bits per heavy atom. The zero-order valence-corrected chi connectivity index (χ0v) is 11.4. The Balaban J connectivity index is 2.15. The highest BCUT2D eigenvalue weighted by Gasteiger charge is 2.47. The number of aromatic nitrogens is 1. The minimum Gasteiger partial charge on any atom is -0.481 e. The Morgan fingerprint density at radius 1 is 1.63 bits per heavy atom. The number of carboxylic acids is 1. The molecule has 0 spiro atoms. The number of amides is 1. The highest BCUT2D eigenvalue weighted by atomic mass is 35.5. The first-order valence-corrected chi connectivity index (χ1v) is 6.16. The first-order valence-electron chi connectivity index (χ1n) is 5.78. The predicted octanol–water partition coefficient (Wildman–Crippen LogP) is 0.898. The van der Waals surface area contributed by atoms with Crippen LogP contribution in [0.15, 0.2) is 12.3 Å². The second-order valence-corrected chi connectivity index (χ2v) is 5.35. The van der Waals surface area contributed by atoms with Crippen molar-refractivity contribution in [2.75, 3.05) is 13.2 Å². The molecule has 1 aromatic rings. The summed E-state index contributed by atoms with van der Waals surface area (Å²) in [4.78, 5) is 23.4. The van der Waals surface area contributed by atoms with Crippen LogP contribution in [0.1, 0.15) is 17.4 Å². The molecule has 0 radical (unpaired) electrons. The summed E-state index contributed by atoms with van der Waals surface area (Å²) in [6.45, 7) is 1.83. The minimum atomic E-state index is -1.11. The van der Waals surface area contributed by atoms with Gasteiger partial charge in [-0.05, 0) is 13.0 Å². The second-order valence-electron chi connectivity index (χ2n) is 4.92. The first kappa shape index (κ1) is 13.9. The molecule has 1 aromatic heterocycles. The molecule has 0 saturated carbocycles. The van der Waals surface area contributed by atoms with E-state index in [1.165, 1.54) is 6.07 Å². The van der Waals surface area contributed by atoms with E-state index in [0.29, 0.717) is 10.7 Å². The highest BCUT2D eigenvalue weighted by molar-refractivity contribution is 6.31. The third-order valence-electron chi connectivity index (χ3n) is 3.45. The summed E-state index contributed by atoms with van der Waals surface area (Å²) in [5, 5.41) is 12.4. The smallest absolute Gasteiger partial charge is 0.313 e. The van der Waals surface area contributed by atoms with Crippen LogP contribution >= 0.6 is 11.6 Å². The maximum absolute atomic E-state index is 12.1. The van der Waals surface area contributed by atoms with Crippen LogP contribution in [0.3, 0.4) is 0 Å². The van der Waals surface area contributed by atoms with Crippen molar-refractivity contribution in [1.29, 1.82) is 0 Å². The van der Waals surface area contributed by atoms with Crippen LogP contribution < -0.4 is 5.32 Å². The largest absolute Gasteiger partial charge is 0.481 e. The number of rotatable bonds is 3. The number of hydrogen-bond donors (Lipinski definition) is 2. The summed E-state index contributed by atoms with van der Waals surface area (Å²) in [5.74, 6) is -1.35. The van der Waals surface area contributed by atoms with E-state index >= 15 is 0 Å². The van der Waals surface area contributed by atoms with Gasteiger partial charge in [0.25, 0.3) is 5.91 Å². The molecule has 6 nitrogen and oxygen atoms in total. The summed E-state index contributed by atoms with van der Waals surface area (Å²) < 4.78 is 6.77. The zero-order valence-electron chi connectivity index (χ0n) is 10.6. The van der Waals surface area contributed by atoms with Crippen molar-refractivity contribution in [3.8, 4) is 0 Å². The third-order valence-corrected chi connectivity index (χ3v) is 3.66. The summed E-state index contributed by atoms with van der Waals surface area (Å²) in [7, 11) is 1.70. The maximum Gasteiger partial charge on any atom is 0.313 e. The molecule has 1 saturated heterocycles. The standard InChI is InChI=1S/C12H15ClN2O4/c1-12(11(17)18)6-19-5-9(12)14-10(16)8-3-7(13)4-15(8)2/h3-4,9H,5-6H2,1-2H3,(H,14,16)(H,17,18). The van der Waals surface area contributed by atoms with E-state index in [1.807, 2.05) is 0 Å². The van der Waals surface area contributed by atoms with Crippen LogP contribution in [0.4, 0.5) is 0 Å². The molecule has 1 fully saturated rings. The number of nitrogens with zero attached hydrogens (tertiary/aromatic N) is 1. The quantitative estimate of drug-likeness (QED) is 0.865. The number of carbonyl (C=O) groups excluding carboxylic acids is 1. The zero-order chi connectivity index (χ0) is 14.2. The molecule has 1 aliphatic rings. The topological polar surface area (TPSA) is 80.6 Å². The van der Waals surface area contributed by atoms with Crippen molar-refractivity contribution < 1.29 is 19.4 Å². The van der Waals surface area contributed by atoms with Crippen LogP contribution in [0.5, 0.6) is 0 Å². The van der Waals surface area contributed by atoms with Gasteiger partial charge in [-0.25, -0.2) is 0 Å². The average molecular weight is 287 g/mol. The van der Waals surface area contributed by atoms with Crippen LogP contribution in [-0.2, 0) is 16.6 Å². The van der Waals surface area contributed by atoms with E-state index in [4.69, 9.17) is 16.3 Å². The number of ether oxygens (including phenoxy) is 1. The van der Waals surface area contributed by atoms with Crippen molar-refractivity contribution in [2.24, 2.45) is 12.5 Å². The average Bonchev–Trinajstić information content (AvgIpc) is 2.84. The van der Waals surface area contributed by atoms with E-state index < -0.39 is 17.4 Å². The van der Waals surface area contributed by atoms with Crippen molar-refractivity contribution in [2.45, 2.75) is 13.0 Å². The fourth-order valence-electron chi connectivity index (χ4n) is 2.07. The monoisotopic (exact) mass is 286 g/mol. The molecule has 1 aliphatic heterocycles. The first-order chi connectivity index (χ1) is 8.84. The molecule has 19 heavy (non-hydrogen) atoms. The molecule has 2 N–H and O–H groups in total. The summed E-state index contributed by atoms with van der Waals surface area (Å²) >= 11 is 5.81. The molecule has 7 heteroatoms. The van der Waals surface area contributed by atoms with E-state index in [-0.39, 0.29) is 19.1 Å². The van der Waals surface area contributed by atoms with Crippen LogP contribution in [0.25, 0.3) is 0 Å². The molecule has 0 aromatic carbocycles. The Bertz CT molecular complexity index is 528. The molecule has 0 aliphatic carbocycles. The highest BCUT2D eigenvalue weighted by Crippen LogP contribution is 2.29. The Morgan fingerprint density at radius 2 is 2.32 bits per heavy atom. The van der Waals surface area contributed by atoms with Crippen molar-refractivity contribution >= 4 is 23.5 Å². The van der Waals surface area contributed by atoms with E-state index in [1.54, 1.807) is 24.7 Å². The third kappa shape index (κ3) is 2.46. The lowest BCUT2D eigenvalue weighted by molar-refractivity contribution is -0.148. The lowest BCUT2D eigenvalue weighted by atomic mass is 9.85. The number of nitrogens with one attached hydrogen (secondary N) is 1. The molecule has 2 rings (SSSR count). The van der Waals surface area contributed by atoms with Crippen LogP contribution in [0, 0.1) is 5.41 Å². The van der Waals surface area contributed by atoms with E-state index in [2.05, 4.69) is 5.32 Å². The molecule has 2 atom stereocenters. The number of carbonyl (C=O) groups is 2. The fourth-order valence-corrected chi connectivity index (χ4v) is 2.32. The Hall–Kier alpha value is -1.53. The van der Waals surface area contributed by atoms with Crippen molar-refractivity contribution in [1.82, 2.24) is 9.88 Å². The van der Waals surface area contributed by atoms with Crippen molar-refractivity contribution in [3.63, 3.8) is 0 Å². The molecule has 104 valence electrons. The molecule has 2 unspecified atom stereocenters. The van der Waals surface area contributed by atoms with Gasteiger partial charge >= 0.3 is 5.97 Å². The van der Waals surface area contributed by atoms with Crippen LogP contribution in [0.2, 0.25) is 5.02 Å². The number of hydrogen-bond acceptors (Lipinski definition) is 3. The lowest BCUT2D eigenvalue weighted by Crippen LogP contribution is -2.49. The van der Waals surface area contributed by atoms with Gasteiger partial charge in [0, 0.05) is 13.2 Å². The number of carboxylic acid groups (broad SMARTS) is 1. The summed E-state index contributed by atoms with van der Waals surface area (Å²) in [6, 6.07) is 0.969. The van der Waals surface area contributed by atoms with Gasteiger partial charge in [-0.3, -0.25) is 9.59 Å². The molecular formula is C12H15ClN2O4. The normalized spacial score (nSPS) is 26.4. The Labute approximate surface area is 115 Å². The van der Waals surface area contributed by atoms with Gasteiger partial charge in [0.1, 0.15) is 11.1 Å². The SMILES string of the molecule is Cn1cc(Cl)cc1C(=O)NC1COCC1(C)C(=O)O. The van der Waals surface area contributed by atoms with Crippen molar-refractivity contribution in [3.05, 3.63) is 23.0 Å². The van der Waals surface area contributed by atoms with E-state index in [9.17, 15) is 14.7 Å². The van der Waals surface area contributed by atoms with Gasteiger partial charge in [0.05, 0.1) is 24.3 Å². The number of aryl methyl sites for hydroxylation is 1. The number of halogens is 1. The second kappa shape index (κ2) is 4.86. The molecule has 2 heterocycles. The summed E-state index contributed by atoms with van der Waals surface area (Å²) in [5.41, 5.74) is -0.727. The summed E-state index contributed by atoms with van der Waals surface area (Å²) in [6.07, 6.45) is 1.61. The minimum absolute atomic E-state index is 0.0845. The van der Waals surface area contributed by atoms with Gasteiger partial charge in [-0.15, -0.1) is 0 Å². The molecular weight excluding hydrogens is 272 g/mol. The van der Waals surface area contributed by atoms with Crippen LogP contribution in [-0.4, -0.2) is 40.8 Å². The maximum atomic E-state index is 12.1. The van der Waals surface area contributed by atoms with E-state index in [0.717, 1.165) is 0 Å². The molecule has 1 amide bonds. The number of aliphatic carboxylic acids is 1. The van der Waals surface area contributed by atoms with Gasteiger partial charge in [0.2, 0.25) is 0 Å². The lowest BCUT2D eigenvalue weighted by Gasteiger charge is -2.25. The Kier molecular flexibility index (Phi) is 3.56. The predicted molar refractivity (Wildman–Crippen MR) is 68.2 cm³/mol. The van der Waals surface area contributed by atoms with Gasteiger partial charge < -0.3 is 19.7 Å². The molecule has 0 bridgehead atoms. The van der Waals surface area contributed by atoms with Gasteiger partial charge in [-0.1, -0.05) is 11.6 Å². The van der Waals surface area contributed by atoms with Gasteiger partial charge in [-0.2, -0.15) is 0 Å².